The molecule has 3 aromatic carbocycles. The van der Waals surface area contributed by atoms with Crippen LogP contribution in [0.4, 0.5) is 11.4 Å². The maximum atomic E-state index is 12.5. The van der Waals surface area contributed by atoms with E-state index in [1.807, 2.05) is 0 Å². The minimum atomic E-state index is -1.42. The number of amides is 2. The summed E-state index contributed by atoms with van der Waals surface area (Å²) in [6.45, 7) is 0. The van der Waals surface area contributed by atoms with Crippen molar-refractivity contribution in [3.63, 3.8) is 0 Å². The zero-order chi connectivity index (χ0) is 24.8. The van der Waals surface area contributed by atoms with Gasteiger partial charge < -0.3 is 20.8 Å². The molecule has 3 aromatic rings. The lowest BCUT2D eigenvalue weighted by atomic mass is 10.0. The molecule has 0 saturated heterocycles. The van der Waals surface area contributed by atoms with Gasteiger partial charge in [0.05, 0.1) is 38.2 Å². The van der Waals surface area contributed by atoms with E-state index in [9.17, 15) is 24.3 Å². The Morgan fingerprint density at radius 1 is 0.824 bits per heavy atom. The summed E-state index contributed by atoms with van der Waals surface area (Å²) in [6.07, 6.45) is 0. The second-order valence-electron chi connectivity index (χ2n) is 6.79. The summed E-state index contributed by atoms with van der Waals surface area (Å²) < 4.78 is 0. The molecule has 0 spiro atoms. The Morgan fingerprint density at radius 3 is 2.18 bits per heavy atom. The van der Waals surface area contributed by atoms with Gasteiger partial charge in [-0.3, -0.25) is 9.59 Å². The van der Waals surface area contributed by atoms with Crippen LogP contribution in [0.3, 0.4) is 0 Å². The Kier molecular flexibility index (Phi) is 8.17. The van der Waals surface area contributed by atoms with Crippen LogP contribution < -0.4 is 10.6 Å². The molecule has 174 valence electrons. The topological polar surface area (TPSA) is 133 Å². The molecule has 0 aliphatic heterocycles. The first kappa shape index (κ1) is 25.1. The van der Waals surface area contributed by atoms with Crippen molar-refractivity contribution in [2.75, 3.05) is 16.4 Å². The van der Waals surface area contributed by atoms with Crippen molar-refractivity contribution in [2.24, 2.45) is 0 Å². The lowest BCUT2D eigenvalue weighted by Crippen LogP contribution is -2.17. The van der Waals surface area contributed by atoms with Gasteiger partial charge >= 0.3 is 11.9 Å². The van der Waals surface area contributed by atoms with Gasteiger partial charge in [0, 0.05) is 10.6 Å². The van der Waals surface area contributed by atoms with Gasteiger partial charge in [-0.2, -0.15) is 0 Å². The molecule has 3 rings (SSSR count). The summed E-state index contributed by atoms with van der Waals surface area (Å²) in [5.41, 5.74) is -0.0298. The molecule has 0 heterocycles. The molecule has 0 aromatic heterocycles. The molecule has 2 amide bonds. The standard InChI is InChI=1S/C23H16Cl2N2O6S/c24-17-2-1-3-18(20(17)25)27-19(28)11-34-14-7-5-13(6-8-14)26-21(29)15-9-4-12(22(30)31)10-16(15)23(32)33/h1-10H,11H2,(H,26,29)(H,27,28)(H,30,31)(H,32,33). The maximum Gasteiger partial charge on any atom is 0.336 e. The van der Waals surface area contributed by atoms with Crippen LogP contribution in [0.15, 0.2) is 65.6 Å². The second kappa shape index (κ2) is 11.1. The van der Waals surface area contributed by atoms with Crippen LogP contribution in [0.1, 0.15) is 31.1 Å². The first-order chi connectivity index (χ1) is 16.2. The van der Waals surface area contributed by atoms with Crippen molar-refractivity contribution < 1.29 is 29.4 Å². The number of benzene rings is 3. The molecule has 11 heteroatoms. The first-order valence-electron chi connectivity index (χ1n) is 9.54. The minimum absolute atomic E-state index is 0.104. The number of nitrogens with one attached hydrogen (secondary N) is 2. The molecule has 0 aliphatic carbocycles. The van der Waals surface area contributed by atoms with Crippen molar-refractivity contribution in [1.29, 1.82) is 0 Å². The molecule has 0 radical (unpaired) electrons. The number of carbonyl (C=O) groups is 4. The van der Waals surface area contributed by atoms with Gasteiger partial charge in [-0.25, -0.2) is 9.59 Å². The van der Waals surface area contributed by atoms with E-state index in [4.69, 9.17) is 28.3 Å². The van der Waals surface area contributed by atoms with E-state index in [1.54, 1.807) is 42.5 Å². The molecule has 0 unspecified atom stereocenters. The van der Waals surface area contributed by atoms with Gasteiger partial charge in [0.25, 0.3) is 5.91 Å². The van der Waals surface area contributed by atoms with E-state index in [2.05, 4.69) is 10.6 Å². The normalized spacial score (nSPS) is 10.4. The van der Waals surface area contributed by atoms with E-state index in [0.29, 0.717) is 16.4 Å². The molecule has 8 nitrogen and oxygen atoms in total. The van der Waals surface area contributed by atoms with Crippen molar-refractivity contribution >= 4 is 70.1 Å². The SMILES string of the molecule is O=C(CSc1ccc(NC(=O)c2ccc(C(=O)O)cc2C(=O)O)cc1)Nc1cccc(Cl)c1Cl. The number of rotatable bonds is 8. The summed E-state index contributed by atoms with van der Waals surface area (Å²) in [6, 6.07) is 14.7. The Balaban J connectivity index is 1.61. The van der Waals surface area contributed by atoms with E-state index < -0.39 is 23.4 Å². The number of carbonyl (C=O) groups excluding carboxylic acids is 2. The zero-order valence-electron chi connectivity index (χ0n) is 17.2. The first-order valence-corrected chi connectivity index (χ1v) is 11.3. The number of carboxylic acids is 2. The molecule has 0 bridgehead atoms. The number of anilines is 2. The second-order valence-corrected chi connectivity index (χ2v) is 8.62. The minimum Gasteiger partial charge on any atom is -0.478 e. The van der Waals surface area contributed by atoms with Crippen molar-refractivity contribution in [2.45, 2.75) is 4.90 Å². The molecule has 0 aliphatic rings. The Hall–Kier alpha value is -3.53. The zero-order valence-corrected chi connectivity index (χ0v) is 19.5. The number of carboxylic acid groups (broad SMARTS) is 2. The van der Waals surface area contributed by atoms with Gasteiger partial charge in [0.1, 0.15) is 0 Å². The quantitative estimate of drug-likeness (QED) is 0.294. The van der Waals surface area contributed by atoms with Gasteiger partial charge in [-0.15, -0.1) is 11.8 Å². The number of halogens is 2. The summed E-state index contributed by atoms with van der Waals surface area (Å²) in [5, 5.41) is 24.2. The number of hydrogen-bond donors (Lipinski definition) is 4. The Labute approximate surface area is 207 Å². The van der Waals surface area contributed by atoms with Gasteiger partial charge in [0.15, 0.2) is 0 Å². The van der Waals surface area contributed by atoms with Crippen LogP contribution >= 0.6 is 35.0 Å². The van der Waals surface area contributed by atoms with E-state index in [0.717, 1.165) is 23.1 Å². The van der Waals surface area contributed by atoms with Crippen LogP contribution in [0.25, 0.3) is 0 Å². The number of aromatic carboxylic acids is 2. The third-order valence-electron chi connectivity index (χ3n) is 4.45. The summed E-state index contributed by atoms with van der Waals surface area (Å²) >= 11 is 13.3. The van der Waals surface area contributed by atoms with Gasteiger partial charge in [-0.05, 0) is 54.6 Å². The van der Waals surface area contributed by atoms with Crippen LogP contribution in [0, 0.1) is 0 Å². The molecule has 0 atom stereocenters. The average Bonchev–Trinajstić information content (AvgIpc) is 2.81. The predicted molar refractivity (Wildman–Crippen MR) is 131 cm³/mol. The average molecular weight is 519 g/mol. The largest absolute Gasteiger partial charge is 0.478 e. The fourth-order valence-corrected chi connectivity index (χ4v) is 3.87. The lowest BCUT2D eigenvalue weighted by molar-refractivity contribution is -0.113. The van der Waals surface area contributed by atoms with E-state index in [1.165, 1.54) is 11.8 Å². The maximum absolute atomic E-state index is 12.5. The fraction of sp³-hybridized carbons (Fsp3) is 0.0435. The molecular formula is C23H16Cl2N2O6S. The van der Waals surface area contributed by atoms with Crippen molar-refractivity contribution in [3.05, 3.63) is 87.4 Å². The highest BCUT2D eigenvalue weighted by Gasteiger charge is 2.19. The molecule has 0 fully saturated rings. The van der Waals surface area contributed by atoms with Gasteiger partial charge in [-0.1, -0.05) is 29.3 Å². The highest BCUT2D eigenvalue weighted by molar-refractivity contribution is 8.00. The summed E-state index contributed by atoms with van der Waals surface area (Å²) in [4.78, 5) is 48.0. The molecule has 34 heavy (non-hydrogen) atoms. The fourth-order valence-electron chi connectivity index (χ4n) is 2.82. The third-order valence-corrected chi connectivity index (χ3v) is 6.28. The van der Waals surface area contributed by atoms with Crippen LogP contribution in [0.2, 0.25) is 10.0 Å². The Morgan fingerprint density at radius 2 is 1.53 bits per heavy atom. The lowest BCUT2D eigenvalue weighted by Gasteiger charge is -2.10. The van der Waals surface area contributed by atoms with Crippen LogP contribution in [0.5, 0.6) is 0 Å². The monoisotopic (exact) mass is 518 g/mol. The number of hydrogen-bond acceptors (Lipinski definition) is 5. The van der Waals surface area contributed by atoms with E-state index in [-0.39, 0.29) is 27.8 Å². The van der Waals surface area contributed by atoms with Crippen molar-refractivity contribution in [3.8, 4) is 0 Å². The molecular weight excluding hydrogens is 503 g/mol. The summed E-state index contributed by atoms with van der Waals surface area (Å²) in [5.74, 6) is -3.60. The highest BCUT2D eigenvalue weighted by Crippen LogP contribution is 2.30. The predicted octanol–water partition coefficient (Wildman–Crippen LogP) is 5.37. The molecule has 4 N–H and O–H groups in total. The Bertz CT molecular complexity index is 1280. The highest BCUT2D eigenvalue weighted by atomic mass is 35.5. The third kappa shape index (κ3) is 6.28. The summed E-state index contributed by atoms with van der Waals surface area (Å²) in [7, 11) is 0. The van der Waals surface area contributed by atoms with Crippen molar-refractivity contribution in [1.82, 2.24) is 0 Å². The van der Waals surface area contributed by atoms with Gasteiger partial charge in [0.2, 0.25) is 5.91 Å². The van der Waals surface area contributed by atoms with Crippen LogP contribution in [-0.2, 0) is 4.79 Å². The van der Waals surface area contributed by atoms with E-state index >= 15 is 0 Å². The number of thioether (sulfide) groups is 1. The van der Waals surface area contributed by atoms with Crippen LogP contribution in [-0.4, -0.2) is 39.7 Å². The smallest absolute Gasteiger partial charge is 0.336 e. The molecule has 0 saturated carbocycles.